The molecule has 1 atom stereocenters. The minimum atomic E-state index is -1.57. The van der Waals surface area contributed by atoms with E-state index in [2.05, 4.69) is 0 Å². The standard InChI is InChI=1S/C20H24F2N4O3/c1-11-16-13(6-15(21)17(11)25-5-4-20(22,8-24)9-25)18(29-10-27)14(7-23)19(28)26(16)12-2-3-12/h6,10,12H,2-5,7-9,23-24H2,1H3. The average molecular weight is 406 g/mol. The molecular formula is C20H24F2N4O3. The predicted octanol–water partition coefficient (Wildman–Crippen LogP) is 1.65. The van der Waals surface area contributed by atoms with Crippen molar-refractivity contribution < 1.29 is 18.3 Å². The van der Waals surface area contributed by atoms with Gasteiger partial charge in [0.1, 0.15) is 17.2 Å². The van der Waals surface area contributed by atoms with Crippen LogP contribution in [0.3, 0.4) is 0 Å². The van der Waals surface area contributed by atoms with Crippen LogP contribution in [0, 0.1) is 12.7 Å². The number of anilines is 1. The highest BCUT2D eigenvalue weighted by molar-refractivity contribution is 5.94. The Hall–Kier alpha value is -2.52. The van der Waals surface area contributed by atoms with Gasteiger partial charge in [-0.15, -0.1) is 0 Å². The number of fused-ring (bicyclic) bond motifs is 1. The summed E-state index contributed by atoms with van der Waals surface area (Å²) in [5.74, 6) is -0.591. The smallest absolute Gasteiger partial charge is 0.298 e. The van der Waals surface area contributed by atoms with Crippen molar-refractivity contribution in [3.05, 3.63) is 33.4 Å². The number of nitrogens with two attached hydrogens (primary N) is 2. The second kappa shape index (κ2) is 7.07. The third-order valence-electron chi connectivity index (χ3n) is 5.97. The van der Waals surface area contributed by atoms with Crippen LogP contribution in [-0.4, -0.2) is 36.3 Å². The van der Waals surface area contributed by atoms with Crippen molar-refractivity contribution in [3.63, 3.8) is 0 Å². The number of halogens is 2. The summed E-state index contributed by atoms with van der Waals surface area (Å²) in [6.45, 7) is 1.94. The minimum absolute atomic E-state index is 0.0134. The van der Waals surface area contributed by atoms with Crippen LogP contribution in [0.25, 0.3) is 10.9 Å². The number of carbonyl (C=O) groups is 1. The molecule has 2 aromatic rings. The molecule has 156 valence electrons. The number of rotatable bonds is 6. The van der Waals surface area contributed by atoms with Crippen LogP contribution in [0.4, 0.5) is 14.5 Å². The van der Waals surface area contributed by atoms with Gasteiger partial charge in [0, 0.05) is 37.5 Å². The molecule has 1 saturated heterocycles. The van der Waals surface area contributed by atoms with Crippen molar-refractivity contribution in [2.24, 2.45) is 11.5 Å². The van der Waals surface area contributed by atoms with Crippen molar-refractivity contribution in [3.8, 4) is 5.75 Å². The van der Waals surface area contributed by atoms with Crippen LogP contribution < -0.4 is 26.7 Å². The lowest BCUT2D eigenvalue weighted by atomic mass is 10.0. The number of benzene rings is 1. The van der Waals surface area contributed by atoms with Crippen LogP contribution in [0.15, 0.2) is 10.9 Å². The minimum Gasteiger partial charge on any atom is -0.427 e. The maximum atomic E-state index is 15.2. The van der Waals surface area contributed by atoms with E-state index in [4.69, 9.17) is 16.2 Å². The summed E-state index contributed by atoms with van der Waals surface area (Å²) in [4.78, 5) is 25.8. The van der Waals surface area contributed by atoms with Crippen LogP contribution in [0.5, 0.6) is 5.75 Å². The highest BCUT2D eigenvalue weighted by Gasteiger charge is 2.39. The average Bonchev–Trinajstić information content (AvgIpc) is 3.45. The molecule has 1 aliphatic carbocycles. The van der Waals surface area contributed by atoms with Gasteiger partial charge in [0.2, 0.25) is 0 Å². The molecule has 0 amide bonds. The fraction of sp³-hybridized carbons (Fsp3) is 0.500. The highest BCUT2D eigenvalue weighted by Crippen LogP contribution is 2.43. The number of aryl methyl sites for hydroxylation is 1. The molecule has 1 unspecified atom stereocenters. The summed E-state index contributed by atoms with van der Waals surface area (Å²) in [5, 5.41) is 0.312. The number of carbonyl (C=O) groups excluding carboxylic acids is 1. The molecule has 0 radical (unpaired) electrons. The molecule has 0 bridgehead atoms. The molecule has 2 heterocycles. The maximum Gasteiger partial charge on any atom is 0.298 e. The van der Waals surface area contributed by atoms with Crippen molar-refractivity contribution in [1.82, 2.24) is 4.57 Å². The second-order valence-electron chi connectivity index (χ2n) is 7.89. The zero-order valence-corrected chi connectivity index (χ0v) is 16.2. The van der Waals surface area contributed by atoms with E-state index < -0.39 is 11.5 Å². The molecule has 1 saturated carbocycles. The lowest BCUT2D eigenvalue weighted by Crippen LogP contribution is -2.36. The van der Waals surface area contributed by atoms with Crippen LogP contribution in [0.2, 0.25) is 0 Å². The fourth-order valence-corrected chi connectivity index (χ4v) is 4.37. The number of ether oxygens (including phenoxy) is 1. The SMILES string of the molecule is Cc1c(N2CCC(F)(CN)C2)c(F)cc2c(OC=O)c(CN)c(=O)n(C3CC3)c12. The van der Waals surface area contributed by atoms with Gasteiger partial charge in [0.25, 0.3) is 12.0 Å². The summed E-state index contributed by atoms with van der Waals surface area (Å²) in [6.07, 6.45) is 1.86. The lowest BCUT2D eigenvalue weighted by Gasteiger charge is -2.26. The van der Waals surface area contributed by atoms with Gasteiger partial charge in [-0.3, -0.25) is 9.59 Å². The van der Waals surface area contributed by atoms with E-state index in [1.165, 1.54) is 6.07 Å². The van der Waals surface area contributed by atoms with Crippen molar-refractivity contribution in [2.45, 2.75) is 44.4 Å². The van der Waals surface area contributed by atoms with E-state index >= 15 is 4.39 Å². The third kappa shape index (κ3) is 3.08. The van der Waals surface area contributed by atoms with Crippen molar-refractivity contribution >= 4 is 23.1 Å². The zero-order valence-electron chi connectivity index (χ0n) is 16.2. The van der Waals surface area contributed by atoms with Crippen LogP contribution in [-0.2, 0) is 11.3 Å². The Labute approximate surface area is 166 Å². The summed E-state index contributed by atoms with van der Waals surface area (Å²) in [7, 11) is 0. The summed E-state index contributed by atoms with van der Waals surface area (Å²) < 4.78 is 36.6. The van der Waals surface area contributed by atoms with Gasteiger partial charge in [-0.05, 0) is 31.4 Å². The molecule has 4 N–H and O–H groups in total. The van der Waals surface area contributed by atoms with E-state index in [-0.39, 0.29) is 61.1 Å². The van der Waals surface area contributed by atoms with Gasteiger partial charge in [0.15, 0.2) is 0 Å². The maximum absolute atomic E-state index is 15.2. The molecule has 7 nitrogen and oxygen atoms in total. The quantitative estimate of drug-likeness (QED) is 0.707. The molecule has 29 heavy (non-hydrogen) atoms. The summed E-state index contributed by atoms with van der Waals surface area (Å²) in [5.41, 5.74) is 10.8. The molecule has 1 aromatic carbocycles. The number of pyridine rings is 1. The number of aromatic nitrogens is 1. The molecule has 4 rings (SSSR count). The predicted molar refractivity (Wildman–Crippen MR) is 105 cm³/mol. The number of hydrogen-bond donors (Lipinski definition) is 2. The Balaban J connectivity index is 2.02. The molecule has 1 aromatic heterocycles. The first-order valence-electron chi connectivity index (χ1n) is 9.69. The number of hydrogen-bond acceptors (Lipinski definition) is 6. The first-order valence-corrected chi connectivity index (χ1v) is 9.69. The number of nitrogens with zero attached hydrogens (tertiary/aromatic N) is 2. The second-order valence-corrected chi connectivity index (χ2v) is 7.89. The van der Waals surface area contributed by atoms with Gasteiger partial charge in [-0.1, -0.05) is 0 Å². The topological polar surface area (TPSA) is 104 Å². The Morgan fingerprint density at radius 1 is 1.38 bits per heavy atom. The Kier molecular flexibility index (Phi) is 4.82. The van der Waals surface area contributed by atoms with E-state index in [0.29, 0.717) is 23.0 Å². The van der Waals surface area contributed by atoms with Crippen LogP contribution in [0.1, 0.15) is 36.4 Å². The first-order chi connectivity index (χ1) is 13.8. The molecular weight excluding hydrogens is 382 g/mol. The normalized spacial score (nSPS) is 21.8. The van der Waals surface area contributed by atoms with Gasteiger partial charge in [-0.2, -0.15) is 0 Å². The third-order valence-corrected chi connectivity index (χ3v) is 5.97. The van der Waals surface area contributed by atoms with E-state index in [1.807, 2.05) is 0 Å². The Morgan fingerprint density at radius 2 is 2.10 bits per heavy atom. The van der Waals surface area contributed by atoms with Gasteiger partial charge < -0.3 is 25.7 Å². The fourth-order valence-electron chi connectivity index (χ4n) is 4.37. The highest BCUT2D eigenvalue weighted by atomic mass is 19.1. The Morgan fingerprint density at radius 3 is 2.66 bits per heavy atom. The lowest BCUT2D eigenvalue weighted by molar-refractivity contribution is -0.120. The summed E-state index contributed by atoms with van der Waals surface area (Å²) in [6, 6.07) is 1.23. The van der Waals surface area contributed by atoms with Crippen molar-refractivity contribution in [1.29, 1.82) is 0 Å². The molecule has 0 spiro atoms. The van der Waals surface area contributed by atoms with E-state index in [1.54, 1.807) is 16.4 Å². The first kappa shape index (κ1) is 19.8. The van der Waals surface area contributed by atoms with E-state index in [0.717, 1.165) is 12.8 Å². The molecule has 1 aliphatic heterocycles. The molecule has 2 fully saturated rings. The monoisotopic (exact) mass is 406 g/mol. The Bertz CT molecular complexity index is 1050. The van der Waals surface area contributed by atoms with Crippen LogP contribution >= 0.6 is 0 Å². The summed E-state index contributed by atoms with van der Waals surface area (Å²) >= 11 is 0. The number of alkyl halides is 1. The van der Waals surface area contributed by atoms with Gasteiger partial charge >= 0.3 is 0 Å². The molecule has 9 heteroatoms. The van der Waals surface area contributed by atoms with E-state index in [9.17, 15) is 14.0 Å². The van der Waals surface area contributed by atoms with Crippen molar-refractivity contribution in [2.75, 3.05) is 24.5 Å². The van der Waals surface area contributed by atoms with Gasteiger partial charge in [0.05, 0.1) is 23.3 Å². The molecule has 2 aliphatic rings. The largest absolute Gasteiger partial charge is 0.427 e. The van der Waals surface area contributed by atoms with Gasteiger partial charge in [-0.25, -0.2) is 8.78 Å². The zero-order chi connectivity index (χ0) is 20.9.